The van der Waals surface area contributed by atoms with E-state index in [1.54, 1.807) is 0 Å². The lowest BCUT2D eigenvalue weighted by atomic mass is 10.0. The standard InChI is InChI=1S/C54H108NO8P/c1-6-8-10-12-14-16-18-20-22-24-26-27-28-29-31-32-34-36-38-40-42-44-46-53(56)60-50-52(51-62-64(58,59)61-49-48-55(3,4)5)63-54(57)47-45-43-41-39-37-35-33-30-25-23-21-19-17-15-13-11-9-7-2/h52H,6-51H2,1-5H3/p+1. The van der Waals surface area contributed by atoms with Gasteiger partial charge in [0.2, 0.25) is 0 Å². The highest BCUT2D eigenvalue weighted by molar-refractivity contribution is 7.47. The van der Waals surface area contributed by atoms with Crippen molar-refractivity contribution in [2.45, 2.75) is 290 Å². The number of carbonyl (C=O) groups is 2. The predicted molar refractivity (Wildman–Crippen MR) is 271 cm³/mol. The van der Waals surface area contributed by atoms with Crippen molar-refractivity contribution in [3.05, 3.63) is 0 Å². The van der Waals surface area contributed by atoms with E-state index in [9.17, 15) is 19.0 Å². The summed E-state index contributed by atoms with van der Waals surface area (Å²) in [5.74, 6) is -0.774. The highest BCUT2D eigenvalue weighted by Crippen LogP contribution is 2.43. The van der Waals surface area contributed by atoms with E-state index in [1.165, 1.54) is 218 Å². The van der Waals surface area contributed by atoms with Crippen molar-refractivity contribution < 1.29 is 42.1 Å². The molecule has 0 saturated heterocycles. The summed E-state index contributed by atoms with van der Waals surface area (Å²) in [4.78, 5) is 35.6. The van der Waals surface area contributed by atoms with Crippen LogP contribution in [0.4, 0.5) is 0 Å². The van der Waals surface area contributed by atoms with Crippen molar-refractivity contribution in [2.24, 2.45) is 0 Å². The SMILES string of the molecule is CCCCCCCCCCCCCCCCCCCCCCCCC(=O)OCC(COP(=O)(O)OCC[N+](C)(C)C)OC(=O)CCCCCCCCCCCCCCCCCCCC. The van der Waals surface area contributed by atoms with E-state index in [-0.39, 0.29) is 25.6 Å². The summed E-state index contributed by atoms with van der Waals surface area (Å²) in [6, 6.07) is 0. The van der Waals surface area contributed by atoms with Crippen LogP contribution in [0.5, 0.6) is 0 Å². The van der Waals surface area contributed by atoms with Crippen LogP contribution in [0, 0.1) is 0 Å². The fraction of sp³-hybridized carbons (Fsp3) is 0.963. The predicted octanol–water partition coefficient (Wildman–Crippen LogP) is 16.7. The summed E-state index contributed by atoms with van der Waals surface area (Å²) in [5.41, 5.74) is 0. The van der Waals surface area contributed by atoms with Gasteiger partial charge in [-0.2, -0.15) is 0 Å². The number of ether oxygens (including phenoxy) is 2. The highest BCUT2D eigenvalue weighted by atomic mass is 31.2. The second-order valence-corrected chi connectivity index (χ2v) is 21.8. The Morgan fingerprint density at radius 2 is 0.703 bits per heavy atom. The molecule has 0 aliphatic carbocycles. The molecule has 0 spiro atoms. The molecule has 0 rings (SSSR count). The Kier molecular flexibility index (Phi) is 46.4. The van der Waals surface area contributed by atoms with Crippen LogP contribution in [0.15, 0.2) is 0 Å². The van der Waals surface area contributed by atoms with E-state index >= 15 is 0 Å². The molecular formula is C54H109NO8P+. The van der Waals surface area contributed by atoms with Gasteiger partial charge in [-0.3, -0.25) is 18.6 Å². The first-order chi connectivity index (χ1) is 31.0. The Hall–Kier alpha value is -0.990. The van der Waals surface area contributed by atoms with Crippen molar-refractivity contribution in [1.29, 1.82) is 0 Å². The number of nitrogens with zero attached hydrogens (tertiary/aromatic N) is 1. The first-order valence-electron chi connectivity index (χ1n) is 27.8. The maximum Gasteiger partial charge on any atom is 0.472 e. The first-order valence-corrected chi connectivity index (χ1v) is 29.3. The van der Waals surface area contributed by atoms with Crippen molar-refractivity contribution >= 4 is 19.8 Å². The molecule has 0 radical (unpaired) electrons. The van der Waals surface area contributed by atoms with Crippen LogP contribution in [0.25, 0.3) is 0 Å². The van der Waals surface area contributed by atoms with Crippen molar-refractivity contribution in [2.75, 3.05) is 47.5 Å². The van der Waals surface area contributed by atoms with Gasteiger partial charge in [0.15, 0.2) is 6.10 Å². The molecule has 0 aromatic rings. The normalized spacial score (nSPS) is 13.3. The lowest BCUT2D eigenvalue weighted by molar-refractivity contribution is -0.870. The molecular weight excluding hydrogens is 822 g/mol. The third kappa shape index (κ3) is 50.4. The Bertz CT molecular complexity index is 1050. The van der Waals surface area contributed by atoms with Crippen molar-refractivity contribution in [3.63, 3.8) is 0 Å². The van der Waals surface area contributed by atoms with E-state index < -0.39 is 26.5 Å². The Morgan fingerprint density at radius 3 is 1.00 bits per heavy atom. The van der Waals surface area contributed by atoms with Crippen LogP contribution in [-0.4, -0.2) is 74.9 Å². The number of phosphoric acid groups is 1. The molecule has 0 aliphatic heterocycles. The number of rotatable bonds is 52. The minimum Gasteiger partial charge on any atom is -0.462 e. The van der Waals surface area contributed by atoms with Gasteiger partial charge in [0.1, 0.15) is 19.8 Å². The maximum atomic E-state index is 12.8. The number of carbonyl (C=O) groups excluding carboxylic acids is 2. The van der Waals surface area contributed by atoms with Gasteiger partial charge in [0.05, 0.1) is 27.7 Å². The van der Waals surface area contributed by atoms with Crippen LogP contribution in [0.1, 0.15) is 284 Å². The van der Waals surface area contributed by atoms with E-state index in [1.807, 2.05) is 21.1 Å². The molecule has 10 heteroatoms. The zero-order valence-electron chi connectivity index (χ0n) is 43.3. The van der Waals surface area contributed by atoms with Crippen LogP contribution >= 0.6 is 7.82 Å². The fourth-order valence-corrected chi connectivity index (χ4v) is 9.05. The number of phosphoric ester groups is 1. The summed E-state index contributed by atoms with van der Waals surface area (Å²) >= 11 is 0. The zero-order chi connectivity index (χ0) is 47.1. The summed E-state index contributed by atoms with van der Waals surface area (Å²) < 4.78 is 34.5. The first kappa shape index (κ1) is 63.0. The van der Waals surface area contributed by atoms with Crippen LogP contribution in [0.3, 0.4) is 0 Å². The molecule has 2 atom stereocenters. The molecule has 0 aliphatic rings. The Balaban J connectivity index is 4.13. The van der Waals surface area contributed by atoms with Crippen molar-refractivity contribution in [3.8, 4) is 0 Å². The number of hydrogen-bond donors (Lipinski definition) is 1. The van der Waals surface area contributed by atoms with E-state index in [4.69, 9.17) is 18.5 Å². The molecule has 0 aromatic carbocycles. The molecule has 0 heterocycles. The summed E-state index contributed by atoms with van der Waals surface area (Å²) in [6.45, 7) is 4.50. The van der Waals surface area contributed by atoms with Gasteiger partial charge in [-0.05, 0) is 12.8 Å². The molecule has 0 aromatic heterocycles. The third-order valence-electron chi connectivity index (χ3n) is 12.6. The molecule has 0 amide bonds. The second-order valence-electron chi connectivity index (χ2n) is 20.3. The molecule has 9 nitrogen and oxygen atoms in total. The van der Waals surface area contributed by atoms with Gasteiger partial charge in [-0.15, -0.1) is 0 Å². The average Bonchev–Trinajstić information content (AvgIpc) is 3.25. The van der Waals surface area contributed by atoms with Gasteiger partial charge in [0.25, 0.3) is 0 Å². The molecule has 0 bridgehead atoms. The number of likely N-dealkylation sites (N-methyl/N-ethyl adjacent to an activating group) is 1. The zero-order valence-corrected chi connectivity index (χ0v) is 44.2. The number of hydrogen-bond acceptors (Lipinski definition) is 7. The van der Waals surface area contributed by atoms with E-state index in [2.05, 4.69) is 13.8 Å². The van der Waals surface area contributed by atoms with Gasteiger partial charge in [0, 0.05) is 12.8 Å². The Morgan fingerprint density at radius 1 is 0.422 bits per heavy atom. The van der Waals surface area contributed by atoms with Crippen LogP contribution < -0.4 is 0 Å². The van der Waals surface area contributed by atoms with E-state index in [0.29, 0.717) is 17.4 Å². The second kappa shape index (κ2) is 47.1. The minimum absolute atomic E-state index is 0.0373. The average molecular weight is 931 g/mol. The van der Waals surface area contributed by atoms with Gasteiger partial charge in [-0.1, -0.05) is 258 Å². The van der Waals surface area contributed by atoms with E-state index in [0.717, 1.165) is 38.5 Å². The van der Waals surface area contributed by atoms with Crippen molar-refractivity contribution in [1.82, 2.24) is 0 Å². The quantitative estimate of drug-likeness (QED) is 0.0278. The molecule has 2 unspecified atom stereocenters. The lowest BCUT2D eigenvalue weighted by Gasteiger charge is -2.24. The summed E-state index contributed by atoms with van der Waals surface area (Å²) in [7, 11) is 1.50. The van der Waals surface area contributed by atoms with Gasteiger partial charge in [-0.25, -0.2) is 4.57 Å². The maximum absolute atomic E-state index is 12.8. The number of unbranched alkanes of at least 4 members (excludes halogenated alkanes) is 38. The van der Waals surface area contributed by atoms with Gasteiger partial charge >= 0.3 is 19.8 Å². The molecule has 0 saturated carbocycles. The number of quaternary nitrogens is 1. The largest absolute Gasteiger partial charge is 0.472 e. The monoisotopic (exact) mass is 931 g/mol. The highest BCUT2D eigenvalue weighted by Gasteiger charge is 2.27. The Labute approximate surface area is 397 Å². The molecule has 1 N–H and O–H groups in total. The number of esters is 2. The molecule has 382 valence electrons. The van der Waals surface area contributed by atoms with Crippen LogP contribution in [-0.2, 0) is 32.7 Å². The topological polar surface area (TPSA) is 108 Å². The lowest BCUT2D eigenvalue weighted by Crippen LogP contribution is -2.37. The molecule has 0 fully saturated rings. The third-order valence-corrected chi connectivity index (χ3v) is 13.6. The summed E-state index contributed by atoms with van der Waals surface area (Å²) in [6.07, 6.45) is 51.6. The minimum atomic E-state index is -4.37. The fourth-order valence-electron chi connectivity index (χ4n) is 8.31. The van der Waals surface area contributed by atoms with Crippen LogP contribution in [0.2, 0.25) is 0 Å². The van der Waals surface area contributed by atoms with Gasteiger partial charge < -0.3 is 18.9 Å². The smallest absolute Gasteiger partial charge is 0.462 e. The molecule has 64 heavy (non-hydrogen) atoms. The summed E-state index contributed by atoms with van der Waals surface area (Å²) in [5, 5.41) is 0.